The second-order valence-electron chi connectivity index (χ2n) is 9.71. The van der Waals surface area contributed by atoms with E-state index in [1.165, 1.54) is 58.4 Å². The first kappa shape index (κ1) is 27.2. The molecule has 1 fully saturated rings. The third kappa shape index (κ3) is 6.06. The van der Waals surface area contributed by atoms with Crippen LogP contribution in [-0.4, -0.2) is 32.6 Å². The van der Waals surface area contributed by atoms with Crippen LogP contribution in [0.1, 0.15) is 36.4 Å². The highest BCUT2D eigenvalue weighted by Gasteiger charge is 2.43. The van der Waals surface area contributed by atoms with Crippen molar-refractivity contribution in [3.8, 4) is 0 Å². The number of fused-ring (bicyclic) bond motifs is 1. The van der Waals surface area contributed by atoms with Gasteiger partial charge in [-0.15, -0.1) is 10.2 Å². The summed E-state index contributed by atoms with van der Waals surface area (Å²) in [5.74, 6) is -1.26. The van der Waals surface area contributed by atoms with Crippen LogP contribution < -0.4 is 5.32 Å². The number of allylic oxidation sites excluding steroid dienone is 1. The minimum Gasteiger partial charge on any atom is -0.328 e. The highest BCUT2D eigenvalue weighted by Crippen LogP contribution is 2.45. The fourth-order valence-electron chi connectivity index (χ4n) is 5.15. The molecule has 0 bridgehead atoms. The molecule has 208 valence electrons. The number of para-hydroxylation sites is 1. The van der Waals surface area contributed by atoms with Crippen molar-refractivity contribution < 1.29 is 18.0 Å². The Morgan fingerprint density at radius 1 is 1.00 bits per heavy atom. The molecule has 6 rings (SSSR count). The largest absolute Gasteiger partial charge is 0.328 e. The van der Waals surface area contributed by atoms with Crippen molar-refractivity contribution in [2.24, 2.45) is 11.0 Å². The van der Waals surface area contributed by atoms with E-state index in [2.05, 4.69) is 15.5 Å². The van der Waals surface area contributed by atoms with Gasteiger partial charge in [0.1, 0.15) is 17.5 Å². The molecular weight excluding hydrogens is 567 g/mol. The molecular formula is C30H24F3N5OS2. The molecule has 0 radical (unpaired) electrons. The number of thioether (sulfide) groups is 1. The van der Waals surface area contributed by atoms with Gasteiger partial charge in [0.25, 0.3) is 5.91 Å². The van der Waals surface area contributed by atoms with Crippen LogP contribution >= 0.6 is 23.1 Å². The average Bonchev–Trinajstić information content (AvgIpc) is 3.60. The van der Waals surface area contributed by atoms with Crippen LogP contribution in [0.15, 0.2) is 87.8 Å². The summed E-state index contributed by atoms with van der Waals surface area (Å²) in [6, 6.07) is 18.4. The molecule has 1 aliphatic carbocycles. The van der Waals surface area contributed by atoms with Gasteiger partial charge in [0, 0.05) is 5.92 Å². The number of nitrogens with zero attached hydrogens (tertiary/aromatic N) is 4. The molecule has 1 aromatic heterocycles. The van der Waals surface area contributed by atoms with Crippen LogP contribution in [-0.2, 0) is 4.79 Å². The smallest absolute Gasteiger partial charge is 0.253 e. The van der Waals surface area contributed by atoms with Gasteiger partial charge in [-0.2, -0.15) is 5.10 Å². The average molecular weight is 592 g/mol. The number of amides is 1. The Labute approximate surface area is 243 Å². The van der Waals surface area contributed by atoms with E-state index >= 15 is 0 Å². The van der Waals surface area contributed by atoms with Gasteiger partial charge in [0.05, 0.1) is 23.2 Å². The molecule has 1 saturated carbocycles. The summed E-state index contributed by atoms with van der Waals surface area (Å²) in [7, 11) is 0. The van der Waals surface area contributed by atoms with Crippen molar-refractivity contribution in [3.63, 3.8) is 0 Å². The Bertz CT molecular complexity index is 1620. The van der Waals surface area contributed by atoms with Crippen LogP contribution in [0.3, 0.4) is 0 Å². The van der Waals surface area contributed by atoms with Crippen LogP contribution in [0, 0.1) is 23.4 Å². The lowest BCUT2D eigenvalue weighted by Gasteiger charge is -2.29. The molecule has 41 heavy (non-hydrogen) atoms. The first-order valence-corrected chi connectivity index (χ1v) is 14.9. The predicted molar refractivity (Wildman–Crippen MR) is 155 cm³/mol. The van der Waals surface area contributed by atoms with Gasteiger partial charge in [0.2, 0.25) is 5.13 Å². The molecule has 1 aliphatic heterocycles. The summed E-state index contributed by atoms with van der Waals surface area (Å²) in [6.45, 7) is 0. The minimum absolute atomic E-state index is 0.0482. The summed E-state index contributed by atoms with van der Waals surface area (Å²) in [4.78, 5) is 13.6. The molecule has 0 saturated heterocycles. The molecule has 2 unspecified atom stereocenters. The van der Waals surface area contributed by atoms with E-state index in [-0.39, 0.29) is 35.3 Å². The fourth-order valence-corrected chi connectivity index (χ4v) is 6.76. The third-order valence-electron chi connectivity index (χ3n) is 7.02. The van der Waals surface area contributed by atoms with E-state index in [9.17, 15) is 18.0 Å². The topological polar surface area (TPSA) is 70.5 Å². The number of carbonyl (C=O) groups excluding carboxylic acids is 1. The maximum absolute atomic E-state index is 14.0. The van der Waals surface area contributed by atoms with Crippen LogP contribution in [0.25, 0.3) is 6.08 Å². The Morgan fingerprint density at radius 3 is 2.49 bits per heavy atom. The number of benzene rings is 3. The van der Waals surface area contributed by atoms with Gasteiger partial charge in [-0.25, -0.2) is 18.2 Å². The summed E-state index contributed by atoms with van der Waals surface area (Å²) < 4.78 is 41.8. The second kappa shape index (κ2) is 11.9. The first-order valence-electron chi connectivity index (χ1n) is 13.0. The van der Waals surface area contributed by atoms with Crippen molar-refractivity contribution in [3.05, 3.63) is 107 Å². The maximum atomic E-state index is 14.0. The second-order valence-corrected chi connectivity index (χ2v) is 11.9. The zero-order valence-corrected chi connectivity index (χ0v) is 23.3. The zero-order chi connectivity index (χ0) is 28.3. The van der Waals surface area contributed by atoms with E-state index in [0.29, 0.717) is 15.2 Å². The zero-order valence-electron chi connectivity index (χ0n) is 21.6. The van der Waals surface area contributed by atoms with E-state index in [4.69, 9.17) is 5.10 Å². The summed E-state index contributed by atoms with van der Waals surface area (Å²) in [6.07, 6.45) is 4.54. The number of hydrogen-bond acceptors (Lipinski definition) is 7. The Balaban J connectivity index is 1.23. The number of carbonyl (C=O) groups is 1. The normalized spacial score (nSPS) is 19.2. The Kier molecular flexibility index (Phi) is 7.89. The lowest BCUT2D eigenvalue weighted by atomic mass is 9.77. The van der Waals surface area contributed by atoms with Crippen molar-refractivity contribution in [1.82, 2.24) is 15.2 Å². The Hall–Kier alpha value is -3.96. The highest BCUT2D eigenvalue weighted by atomic mass is 32.2. The van der Waals surface area contributed by atoms with Gasteiger partial charge in [-0.05, 0) is 78.4 Å². The lowest BCUT2D eigenvalue weighted by molar-refractivity contribution is -0.130. The number of aromatic nitrogens is 2. The quantitative estimate of drug-likeness (QED) is 0.224. The number of nitrogens with one attached hydrogen (secondary N) is 1. The monoisotopic (exact) mass is 591 g/mol. The van der Waals surface area contributed by atoms with Crippen molar-refractivity contribution in [2.45, 2.75) is 29.6 Å². The molecule has 3 aromatic carbocycles. The molecule has 4 aromatic rings. The van der Waals surface area contributed by atoms with Crippen molar-refractivity contribution in [1.29, 1.82) is 0 Å². The molecule has 2 atom stereocenters. The molecule has 1 N–H and O–H groups in total. The Morgan fingerprint density at radius 2 is 1.73 bits per heavy atom. The van der Waals surface area contributed by atoms with E-state index in [0.717, 1.165) is 41.7 Å². The summed E-state index contributed by atoms with van der Waals surface area (Å²) in [5.41, 5.74) is 3.80. The van der Waals surface area contributed by atoms with Crippen LogP contribution in [0.2, 0.25) is 0 Å². The van der Waals surface area contributed by atoms with Gasteiger partial charge < -0.3 is 5.32 Å². The van der Waals surface area contributed by atoms with E-state index in [1.54, 1.807) is 42.5 Å². The van der Waals surface area contributed by atoms with Crippen LogP contribution in [0.5, 0.6) is 0 Å². The molecule has 6 nitrogen and oxygen atoms in total. The standard InChI is InChI=1S/C30H24F3N5OS2/c31-21-12-8-18(9-13-21)16-20-4-3-5-23-27(20)37-38(28(23)19-10-14-22(32)15-11-19)26(39)17-40-30-36-35-29(41-30)34-25-7-2-1-6-24(25)33/h1-2,6-16,23,28H,3-5,17H2,(H,34,35). The predicted octanol–water partition coefficient (Wildman–Crippen LogP) is 7.61. The molecule has 2 aliphatic rings. The summed E-state index contributed by atoms with van der Waals surface area (Å²) in [5, 5.41) is 17.9. The molecule has 2 heterocycles. The number of rotatable bonds is 7. The number of halogens is 3. The van der Waals surface area contributed by atoms with Crippen molar-refractivity contribution in [2.75, 3.05) is 11.1 Å². The molecule has 1 amide bonds. The maximum Gasteiger partial charge on any atom is 0.253 e. The van der Waals surface area contributed by atoms with Gasteiger partial charge in [0.15, 0.2) is 4.34 Å². The fraction of sp³-hybridized carbons (Fsp3) is 0.200. The number of hydrazone groups is 1. The number of anilines is 2. The van der Waals surface area contributed by atoms with E-state index in [1.807, 2.05) is 6.08 Å². The van der Waals surface area contributed by atoms with Gasteiger partial charge in [-0.1, -0.05) is 59.5 Å². The van der Waals surface area contributed by atoms with Crippen LogP contribution in [0.4, 0.5) is 24.0 Å². The molecule has 0 spiro atoms. The molecule has 11 heteroatoms. The third-order valence-corrected chi connectivity index (χ3v) is 8.98. The lowest BCUT2D eigenvalue weighted by Crippen LogP contribution is -2.32. The minimum atomic E-state index is -0.402. The first-order chi connectivity index (χ1) is 19.9. The number of hydrogen-bond donors (Lipinski definition) is 1. The van der Waals surface area contributed by atoms with E-state index < -0.39 is 5.82 Å². The highest BCUT2D eigenvalue weighted by molar-refractivity contribution is 8.01. The van der Waals surface area contributed by atoms with Gasteiger partial charge >= 0.3 is 0 Å². The summed E-state index contributed by atoms with van der Waals surface area (Å²) >= 11 is 2.45. The van der Waals surface area contributed by atoms with Crippen molar-refractivity contribution >= 4 is 51.6 Å². The van der Waals surface area contributed by atoms with Gasteiger partial charge in [-0.3, -0.25) is 4.79 Å². The SMILES string of the molecule is O=C(CSc1nnc(Nc2ccccc2F)s1)N1N=C2C(=Cc3ccc(F)cc3)CCCC2C1c1ccc(F)cc1.